The summed E-state index contributed by atoms with van der Waals surface area (Å²) in [6.45, 7) is 0.234. The van der Waals surface area contributed by atoms with E-state index < -0.39 is 17.4 Å². The second kappa shape index (κ2) is 5.38. The number of anilines is 1. The summed E-state index contributed by atoms with van der Waals surface area (Å²) >= 11 is 0. The SMILES string of the molecule is COc1ccc(N)c(C(=O)NC2(C(=O)O)CCOC2)c1. The van der Waals surface area contributed by atoms with Crippen LogP contribution in [0.4, 0.5) is 5.69 Å². The van der Waals surface area contributed by atoms with Crippen LogP contribution in [-0.2, 0) is 9.53 Å². The molecule has 108 valence electrons. The lowest BCUT2D eigenvalue weighted by Gasteiger charge is -2.24. The lowest BCUT2D eigenvalue weighted by Crippen LogP contribution is -2.55. The van der Waals surface area contributed by atoms with Crippen LogP contribution in [0.25, 0.3) is 0 Å². The lowest BCUT2D eigenvalue weighted by molar-refractivity contribution is -0.144. The molecule has 1 fully saturated rings. The first kappa shape index (κ1) is 14.1. The van der Waals surface area contributed by atoms with E-state index in [9.17, 15) is 14.7 Å². The fourth-order valence-corrected chi connectivity index (χ4v) is 2.03. The van der Waals surface area contributed by atoms with Gasteiger partial charge in [0.15, 0.2) is 5.54 Å². The number of nitrogens with two attached hydrogens (primary N) is 1. The van der Waals surface area contributed by atoms with E-state index in [4.69, 9.17) is 15.2 Å². The summed E-state index contributed by atoms with van der Waals surface area (Å²) in [5.74, 6) is -1.21. The molecule has 20 heavy (non-hydrogen) atoms. The molecule has 7 heteroatoms. The Morgan fingerprint density at radius 3 is 2.80 bits per heavy atom. The Morgan fingerprint density at radius 2 is 2.25 bits per heavy atom. The summed E-state index contributed by atoms with van der Waals surface area (Å²) in [6, 6.07) is 4.63. The van der Waals surface area contributed by atoms with Crippen molar-refractivity contribution in [1.82, 2.24) is 5.32 Å². The second-order valence-corrected chi connectivity index (χ2v) is 4.60. The molecule has 1 aliphatic rings. The number of carbonyl (C=O) groups is 2. The van der Waals surface area contributed by atoms with E-state index in [1.807, 2.05) is 0 Å². The molecule has 1 aromatic rings. The monoisotopic (exact) mass is 280 g/mol. The van der Waals surface area contributed by atoms with Gasteiger partial charge >= 0.3 is 5.97 Å². The molecule has 1 atom stereocenters. The van der Waals surface area contributed by atoms with Gasteiger partial charge in [0.2, 0.25) is 0 Å². The Labute approximate surface area is 115 Å². The van der Waals surface area contributed by atoms with Gasteiger partial charge < -0.3 is 25.6 Å². The maximum absolute atomic E-state index is 12.2. The highest BCUT2D eigenvalue weighted by Crippen LogP contribution is 2.23. The smallest absolute Gasteiger partial charge is 0.331 e. The fraction of sp³-hybridized carbons (Fsp3) is 0.385. The minimum Gasteiger partial charge on any atom is -0.497 e. The number of nitrogens with one attached hydrogen (secondary N) is 1. The number of amides is 1. The predicted molar refractivity (Wildman–Crippen MR) is 70.7 cm³/mol. The number of carbonyl (C=O) groups excluding carboxylic acids is 1. The van der Waals surface area contributed by atoms with Gasteiger partial charge in [0.1, 0.15) is 5.75 Å². The number of aliphatic carboxylic acids is 1. The summed E-state index contributed by atoms with van der Waals surface area (Å²) in [5, 5.41) is 11.8. The van der Waals surface area contributed by atoms with E-state index in [1.54, 1.807) is 6.07 Å². The standard InChI is InChI=1S/C13H16N2O5/c1-19-8-2-3-10(14)9(6-8)11(16)15-13(12(17)18)4-5-20-7-13/h2-3,6H,4-5,7,14H2,1H3,(H,15,16)(H,17,18). The molecule has 0 saturated carbocycles. The molecule has 1 heterocycles. The van der Waals surface area contributed by atoms with Crippen molar-refractivity contribution in [2.24, 2.45) is 0 Å². The normalized spacial score (nSPS) is 21.4. The summed E-state index contributed by atoms with van der Waals surface area (Å²) in [6.07, 6.45) is 0.220. The Kier molecular flexibility index (Phi) is 3.80. The van der Waals surface area contributed by atoms with E-state index in [0.29, 0.717) is 12.4 Å². The molecule has 0 aliphatic carbocycles. The summed E-state index contributed by atoms with van der Waals surface area (Å²) in [7, 11) is 1.47. The summed E-state index contributed by atoms with van der Waals surface area (Å²) in [5.41, 5.74) is 4.78. The van der Waals surface area contributed by atoms with Gasteiger partial charge in [0.05, 0.1) is 19.3 Å². The number of rotatable bonds is 4. The van der Waals surface area contributed by atoms with Gasteiger partial charge in [-0.3, -0.25) is 4.79 Å². The van der Waals surface area contributed by atoms with Gasteiger partial charge in [-0.05, 0) is 18.2 Å². The van der Waals surface area contributed by atoms with Crippen molar-refractivity contribution in [3.63, 3.8) is 0 Å². The third-order valence-corrected chi connectivity index (χ3v) is 3.29. The number of hydrogen-bond donors (Lipinski definition) is 3. The first-order valence-corrected chi connectivity index (χ1v) is 6.06. The Morgan fingerprint density at radius 1 is 1.50 bits per heavy atom. The highest BCUT2D eigenvalue weighted by molar-refractivity contribution is 6.02. The van der Waals surface area contributed by atoms with Crippen LogP contribution in [0.3, 0.4) is 0 Å². The number of carboxylic acids is 1. The van der Waals surface area contributed by atoms with Crippen molar-refractivity contribution in [3.05, 3.63) is 23.8 Å². The maximum atomic E-state index is 12.2. The van der Waals surface area contributed by atoms with Gasteiger partial charge in [0.25, 0.3) is 5.91 Å². The van der Waals surface area contributed by atoms with Crippen LogP contribution in [0.5, 0.6) is 5.75 Å². The molecule has 1 saturated heterocycles. The Hall–Kier alpha value is -2.28. The van der Waals surface area contributed by atoms with Crippen molar-refractivity contribution < 1.29 is 24.2 Å². The third kappa shape index (κ3) is 2.53. The molecule has 4 N–H and O–H groups in total. The molecule has 0 bridgehead atoms. The van der Waals surface area contributed by atoms with Crippen LogP contribution in [0.1, 0.15) is 16.8 Å². The van der Waals surface area contributed by atoms with Crippen LogP contribution in [0.15, 0.2) is 18.2 Å². The second-order valence-electron chi connectivity index (χ2n) is 4.60. The maximum Gasteiger partial charge on any atom is 0.331 e. The Balaban J connectivity index is 2.25. The average Bonchev–Trinajstić information content (AvgIpc) is 2.89. The van der Waals surface area contributed by atoms with E-state index in [-0.39, 0.29) is 24.3 Å². The number of hydrogen-bond acceptors (Lipinski definition) is 5. The minimum atomic E-state index is -1.40. The molecule has 1 aromatic carbocycles. The van der Waals surface area contributed by atoms with Crippen molar-refractivity contribution in [3.8, 4) is 5.75 Å². The molecular formula is C13H16N2O5. The van der Waals surface area contributed by atoms with Crippen LogP contribution in [0, 0.1) is 0 Å². The number of benzene rings is 1. The first-order valence-electron chi connectivity index (χ1n) is 6.06. The first-order chi connectivity index (χ1) is 9.48. The average molecular weight is 280 g/mol. The van der Waals surface area contributed by atoms with Gasteiger partial charge in [-0.1, -0.05) is 0 Å². The van der Waals surface area contributed by atoms with Crippen LogP contribution >= 0.6 is 0 Å². The number of nitrogen functional groups attached to an aromatic ring is 1. The highest BCUT2D eigenvalue weighted by atomic mass is 16.5. The molecule has 1 aliphatic heterocycles. The van der Waals surface area contributed by atoms with E-state index >= 15 is 0 Å². The predicted octanol–water partition coefficient (Wildman–Crippen LogP) is 0.251. The van der Waals surface area contributed by atoms with Gasteiger partial charge in [-0.15, -0.1) is 0 Å². The van der Waals surface area contributed by atoms with Gasteiger partial charge in [-0.2, -0.15) is 0 Å². The van der Waals surface area contributed by atoms with Crippen LogP contribution in [0.2, 0.25) is 0 Å². The van der Waals surface area contributed by atoms with Crippen molar-refractivity contribution >= 4 is 17.6 Å². The van der Waals surface area contributed by atoms with Crippen molar-refractivity contribution in [2.45, 2.75) is 12.0 Å². The number of carboxylic acid groups (broad SMARTS) is 1. The minimum absolute atomic E-state index is 0.0576. The zero-order valence-corrected chi connectivity index (χ0v) is 11.0. The van der Waals surface area contributed by atoms with E-state index in [0.717, 1.165) is 0 Å². The zero-order chi connectivity index (χ0) is 14.8. The molecule has 0 aromatic heterocycles. The van der Waals surface area contributed by atoms with E-state index in [2.05, 4.69) is 5.32 Å². The van der Waals surface area contributed by atoms with Crippen molar-refractivity contribution in [2.75, 3.05) is 26.1 Å². The Bertz CT molecular complexity index is 538. The molecule has 7 nitrogen and oxygen atoms in total. The summed E-state index contributed by atoms with van der Waals surface area (Å²) in [4.78, 5) is 23.6. The molecule has 1 unspecified atom stereocenters. The van der Waals surface area contributed by atoms with Crippen LogP contribution in [-0.4, -0.2) is 42.8 Å². The van der Waals surface area contributed by atoms with E-state index in [1.165, 1.54) is 19.2 Å². The topological polar surface area (TPSA) is 111 Å². The third-order valence-electron chi connectivity index (χ3n) is 3.29. The fourth-order valence-electron chi connectivity index (χ4n) is 2.03. The molecular weight excluding hydrogens is 264 g/mol. The lowest BCUT2D eigenvalue weighted by atomic mass is 9.98. The highest BCUT2D eigenvalue weighted by Gasteiger charge is 2.44. The largest absolute Gasteiger partial charge is 0.497 e. The van der Waals surface area contributed by atoms with Gasteiger partial charge in [0, 0.05) is 18.7 Å². The zero-order valence-electron chi connectivity index (χ0n) is 11.0. The van der Waals surface area contributed by atoms with Crippen molar-refractivity contribution in [1.29, 1.82) is 0 Å². The molecule has 0 radical (unpaired) electrons. The quantitative estimate of drug-likeness (QED) is 0.682. The van der Waals surface area contributed by atoms with Gasteiger partial charge in [-0.25, -0.2) is 4.79 Å². The molecule has 0 spiro atoms. The molecule has 1 amide bonds. The number of methoxy groups -OCH3 is 1. The number of ether oxygens (including phenoxy) is 2. The summed E-state index contributed by atoms with van der Waals surface area (Å²) < 4.78 is 10.1. The molecule has 2 rings (SSSR count). The van der Waals surface area contributed by atoms with Crippen LogP contribution < -0.4 is 15.8 Å².